The summed E-state index contributed by atoms with van der Waals surface area (Å²) in [6, 6.07) is 0. The normalized spacial score (nSPS) is 5.33. The molecule has 0 N–H and O–H groups in total. The van der Waals surface area contributed by atoms with Crippen molar-refractivity contribution in [3.63, 3.8) is 0 Å². The summed E-state index contributed by atoms with van der Waals surface area (Å²) in [5.74, 6) is 0. The van der Waals surface area contributed by atoms with E-state index in [4.69, 9.17) is 28.1 Å². The van der Waals surface area contributed by atoms with Gasteiger partial charge in [0.05, 0.1) is 0 Å². The number of hydrogen-bond acceptors (Lipinski definition) is 6. The van der Waals surface area contributed by atoms with Crippen molar-refractivity contribution in [3.8, 4) is 0 Å². The topological polar surface area (TPSA) is 126 Å². The molecule has 9 heavy (non-hydrogen) atoms. The maximum absolute atomic E-state index is 8.52. The zero-order chi connectivity index (χ0) is 7.15. The Balaban J connectivity index is -0.0000000720. The maximum atomic E-state index is 8.52. The quantitative estimate of drug-likeness (QED) is 0.340. The van der Waals surface area contributed by atoms with Crippen LogP contribution in [0.15, 0.2) is 0 Å². The molecule has 0 aliphatic rings. The second-order valence-corrected chi connectivity index (χ2v) is 1.50. The fraction of sp³-hybridized carbons (Fsp3) is 0. The zero-order valence-corrected chi connectivity index (χ0v) is 7.18. The van der Waals surface area contributed by atoms with Gasteiger partial charge in [-0.15, -0.1) is 0 Å². The Kier molecular flexibility index (Phi) is 18.9. The van der Waals surface area contributed by atoms with Gasteiger partial charge in [-0.05, 0) is 0 Å². The van der Waals surface area contributed by atoms with Crippen LogP contribution in [0, 0.1) is 0 Å². The van der Waals surface area contributed by atoms with Gasteiger partial charge in [0.2, 0.25) is 0 Å². The van der Waals surface area contributed by atoms with Crippen LogP contribution in [0.5, 0.6) is 0 Å². The van der Waals surface area contributed by atoms with E-state index in [-0.39, 0.29) is 17.4 Å². The van der Waals surface area contributed by atoms with Gasteiger partial charge in [-0.25, -0.2) is 0 Å². The van der Waals surface area contributed by atoms with Crippen LogP contribution in [-0.2, 0) is 8.92 Å². The monoisotopic (exact) mass is 179 g/mol. The molecule has 0 aliphatic carbocycles. The zero-order valence-electron chi connectivity index (χ0n) is 4.03. The van der Waals surface area contributed by atoms with Crippen LogP contribution in [0.25, 0.3) is 0 Å². The van der Waals surface area contributed by atoms with Crippen LogP contribution in [-0.4, -0.2) is 35.7 Å². The minimum atomic E-state index is -3.63. The van der Waals surface area contributed by atoms with E-state index in [1.807, 2.05) is 0 Å². The molecule has 0 saturated heterocycles. The Labute approximate surface area is 64.3 Å². The van der Waals surface area contributed by atoms with Crippen LogP contribution in [0.4, 0.5) is 0 Å². The van der Waals surface area contributed by atoms with Crippen LogP contribution in [0.1, 0.15) is 0 Å². The summed E-state index contributed by atoms with van der Waals surface area (Å²) < 4.78 is 17.0. The smallest absolute Gasteiger partial charge is 0.672 e. The van der Waals surface area contributed by atoms with E-state index in [1.165, 1.54) is 0 Å². The average molecular weight is 179 g/mol. The van der Waals surface area contributed by atoms with Crippen LogP contribution in [0.3, 0.4) is 0 Å². The Hall–Kier alpha value is -0.234. The van der Waals surface area contributed by atoms with Crippen molar-refractivity contribution < 1.29 is 28.1 Å². The molecule has 48 valence electrons. The molecule has 0 rings (SSSR count). The predicted molar refractivity (Wildman–Crippen MR) is 18.6 cm³/mol. The third kappa shape index (κ3) is 4730. The molecule has 0 radical (unpaired) electrons. The summed E-state index contributed by atoms with van der Waals surface area (Å²) in [6.45, 7) is 0. The number of rotatable bonds is 0. The summed E-state index contributed by atoms with van der Waals surface area (Å²) in [4.78, 5) is 34.1. The summed E-state index contributed by atoms with van der Waals surface area (Å²) in [5.41, 5.74) is 0. The van der Waals surface area contributed by atoms with Gasteiger partial charge in [-0.1, -0.05) is 0 Å². The SMILES string of the molecule is O=[Si]([O-])[O-].O=[Si]([O-])[O-].[Al+3]. The molecule has 0 amide bonds. The Morgan fingerprint density at radius 3 is 0.778 bits per heavy atom. The molecule has 0 aliphatic heterocycles. The van der Waals surface area contributed by atoms with Crippen molar-refractivity contribution in [1.29, 1.82) is 0 Å². The van der Waals surface area contributed by atoms with Crippen molar-refractivity contribution in [1.82, 2.24) is 0 Å². The van der Waals surface area contributed by atoms with Gasteiger partial charge in [0.25, 0.3) is 0 Å². The molecule has 9 heteroatoms. The molecule has 0 aromatic rings. The summed E-state index contributed by atoms with van der Waals surface area (Å²) in [7, 11) is -7.26. The van der Waals surface area contributed by atoms with Crippen LogP contribution >= 0.6 is 0 Å². The second-order valence-electron chi connectivity index (χ2n) is 0.500. The van der Waals surface area contributed by atoms with Crippen LogP contribution < -0.4 is 19.2 Å². The average Bonchev–Trinajstić information content (AvgIpc) is 1.25. The van der Waals surface area contributed by atoms with Gasteiger partial charge >= 0.3 is 17.4 Å². The Bertz CT molecular complexity index is 69.1. The van der Waals surface area contributed by atoms with E-state index in [1.54, 1.807) is 0 Å². The van der Waals surface area contributed by atoms with Crippen LogP contribution in [0.2, 0.25) is 0 Å². The molecule has 0 aromatic heterocycles. The standard InChI is InChI=1S/Al.2O3Si/c;2*1-4(2)3/q+3;2*-2. The minimum Gasteiger partial charge on any atom is -0.672 e. The van der Waals surface area contributed by atoms with E-state index in [0.29, 0.717) is 0 Å². The molecule has 0 fully saturated rings. The first-order valence-corrected chi connectivity index (χ1v) is 3.67. The fourth-order valence-corrected chi connectivity index (χ4v) is 0. The van der Waals surface area contributed by atoms with Crippen molar-refractivity contribution in [3.05, 3.63) is 0 Å². The molecule has 0 unspecified atom stereocenters. The minimum absolute atomic E-state index is 0. The van der Waals surface area contributed by atoms with E-state index in [9.17, 15) is 0 Å². The van der Waals surface area contributed by atoms with E-state index < -0.39 is 18.3 Å². The molecular formula is AlO6Si2-. The van der Waals surface area contributed by atoms with E-state index in [0.717, 1.165) is 0 Å². The third-order valence-electron chi connectivity index (χ3n) is 0. The van der Waals surface area contributed by atoms with Gasteiger partial charge in [0.15, 0.2) is 0 Å². The molecule has 0 bridgehead atoms. The second kappa shape index (κ2) is 10.7. The van der Waals surface area contributed by atoms with Crippen molar-refractivity contribution in [2.75, 3.05) is 0 Å². The van der Waals surface area contributed by atoms with Gasteiger partial charge in [0, 0.05) is 18.3 Å². The van der Waals surface area contributed by atoms with Gasteiger partial charge in [0.1, 0.15) is 0 Å². The fourth-order valence-electron chi connectivity index (χ4n) is 0. The first-order chi connectivity index (χ1) is 3.46. The van der Waals surface area contributed by atoms with E-state index in [2.05, 4.69) is 0 Å². The van der Waals surface area contributed by atoms with Crippen molar-refractivity contribution in [2.24, 2.45) is 0 Å². The first-order valence-electron chi connectivity index (χ1n) is 1.22. The Morgan fingerprint density at radius 2 is 0.778 bits per heavy atom. The molecule has 0 heterocycles. The summed E-state index contributed by atoms with van der Waals surface area (Å²) in [5, 5.41) is 0. The van der Waals surface area contributed by atoms with Crippen molar-refractivity contribution >= 4 is 35.7 Å². The van der Waals surface area contributed by atoms with Gasteiger partial charge in [-0.3, -0.25) is 0 Å². The molecule has 0 aromatic carbocycles. The molecule has 6 nitrogen and oxygen atoms in total. The third-order valence-corrected chi connectivity index (χ3v) is 0. The number of hydrogen-bond donors (Lipinski definition) is 0. The van der Waals surface area contributed by atoms with Gasteiger partial charge in [-0.2, -0.15) is 0 Å². The first kappa shape index (κ1) is 15.9. The summed E-state index contributed by atoms with van der Waals surface area (Å²) >= 11 is 0. The summed E-state index contributed by atoms with van der Waals surface area (Å²) in [6.07, 6.45) is 0. The maximum Gasteiger partial charge on any atom is 3.00 e. The molecule has 0 spiro atoms. The molecular weight excluding hydrogens is 179 g/mol. The predicted octanol–water partition coefficient (Wildman–Crippen LogP) is -6.14. The van der Waals surface area contributed by atoms with Gasteiger partial charge < -0.3 is 28.1 Å². The van der Waals surface area contributed by atoms with E-state index >= 15 is 0 Å². The molecule has 0 atom stereocenters. The molecule has 0 saturated carbocycles. The largest absolute Gasteiger partial charge is 3.00 e. The van der Waals surface area contributed by atoms with Crippen molar-refractivity contribution in [2.45, 2.75) is 0 Å². The Morgan fingerprint density at radius 1 is 0.778 bits per heavy atom.